The van der Waals surface area contributed by atoms with Gasteiger partial charge in [-0.25, -0.2) is 14.3 Å². The number of carbonyl (C=O) groups is 1. The average molecular weight is 708 g/mol. The summed E-state index contributed by atoms with van der Waals surface area (Å²) in [6, 6.07) is 0. The predicted octanol–water partition coefficient (Wildman–Crippen LogP) is 1.38. The van der Waals surface area contributed by atoms with E-state index in [4.69, 9.17) is 23.3 Å². The van der Waals surface area contributed by atoms with Gasteiger partial charge in [0.15, 0.2) is 12.2 Å². The summed E-state index contributed by atoms with van der Waals surface area (Å²) in [4.78, 5) is 65.8. The number of hydrogen-bond donors (Lipinski definition) is 2. The Bertz CT molecular complexity index is 1970. The van der Waals surface area contributed by atoms with Crippen LogP contribution >= 0.6 is 7.60 Å². The maximum atomic E-state index is 14.7. The van der Waals surface area contributed by atoms with E-state index in [2.05, 4.69) is 20.3 Å². The first-order valence-electron chi connectivity index (χ1n) is 15.9. The first-order chi connectivity index (χ1) is 23.0. The number of nitrogens with zero attached hydrogens (tertiary/aromatic N) is 5. The molecule has 2 fully saturated rings. The molecule has 0 saturated carbocycles. The topological polar surface area (TPSA) is 221 Å². The van der Waals surface area contributed by atoms with Gasteiger partial charge in [0, 0.05) is 29.9 Å². The van der Waals surface area contributed by atoms with E-state index in [1.54, 1.807) is 34.6 Å². The zero-order valence-corrected chi connectivity index (χ0v) is 29.3. The van der Waals surface area contributed by atoms with Crippen molar-refractivity contribution in [3.8, 4) is 0 Å². The Morgan fingerprint density at radius 2 is 1.53 bits per heavy atom. The lowest BCUT2D eigenvalue weighted by molar-refractivity contribution is -0.157. The van der Waals surface area contributed by atoms with Crippen LogP contribution in [0.1, 0.15) is 77.5 Å². The third kappa shape index (κ3) is 7.94. The van der Waals surface area contributed by atoms with Gasteiger partial charge in [0.25, 0.3) is 11.1 Å². The SMILES string of the molecule is CC[C@H]1O[C@@H](n2cc(C)c(=O)[nH]c2=O)CC1OP(=O)(OC[C@H]1O[C@@H](n2cc(C)c(=O)[nH]c2=O)CC1C)c1cn(COC(=O)C(C)(C)C)nn1. The van der Waals surface area contributed by atoms with Gasteiger partial charge in [-0.05, 0) is 53.4 Å². The third-order valence-corrected chi connectivity index (χ3v) is 10.3. The molecule has 19 heteroatoms. The van der Waals surface area contributed by atoms with Crippen molar-refractivity contribution in [1.82, 2.24) is 34.1 Å². The van der Waals surface area contributed by atoms with Gasteiger partial charge in [0.1, 0.15) is 12.5 Å². The van der Waals surface area contributed by atoms with E-state index in [0.29, 0.717) is 24.0 Å². The van der Waals surface area contributed by atoms with Crippen molar-refractivity contribution in [2.24, 2.45) is 11.3 Å². The summed E-state index contributed by atoms with van der Waals surface area (Å²) in [6.07, 6.45) is 1.38. The molecule has 2 aliphatic heterocycles. The first-order valence-corrected chi connectivity index (χ1v) is 17.5. The Kier molecular flexibility index (Phi) is 10.5. The van der Waals surface area contributed by atoms with Crippen LogP contribution in [0, 0.1) is 25.2 Å². The van der Waals surface area contributed by atoms with Crippen LogP contribution in [0.3, 0.4) is 0 Å². The van der Waals surface area contributed by atoms with E-state index >= 15 is 0 Å². The minimum atomic E-state index is -4.33. The van der Waals surface area contributed by atoms with Crippen LogP contribution in [0.15, 0.2) is 37.8 Å². The van der Waals surface area contributed by atoms with Crippen LogP contribution < -0.4 is 27.9 Å². The number of hydrogen-bond acceptors (Lipinski definition) is 13. The molecule has 268 valence electrons. The predicted molar refractivity (Wildman–Crippen MR) is 172 cm³/mol. The summed E-state index contributed by atoms with van der Waals surface area (Å²) in [6.45, 7) is 11.4. The fraction of sp³-hybridized carbons (Fsp3) is 0.633. The quantitative estimate of drug-likeness (QED) is 0.213. The molecule has 0 bridgehead atoms. The van der Waals surface area contributed by atoms with Crippen molar-refractivity contribution >= 4 is 19.0 Å². The van der Waals surface area contributed by atoms with Gasteiger partial charge in [-0.2, -0.15) is 0 Å². The highest BCUT2D eigenvalue weighted by molar-refractivity contribution is 7.61. The second kappa shape index (κ2) is 14.1. The highest BCUT2D eigenvalue weighted by Gasteiger charge is 2.45. The molecule has 5 heterocycles. The molecule has 3 aromatic rings. The highest BCUT2D eigenvalue weighted by atomic mass is 31.2. The number of aromatic amines is 2. The van der Waals surface area contributed by atoms with E-state index < -0.39 is 72.2 Å². The largest absolute Gasteiger partial charge is 0.442 e. The fourth-order valence-electron chi connectivity index (χ4n) is 5.51. The van der Waals surface area contributed by atoms with Crippen LogP contribution in [-0.2, 0) is 39.3 Å². The lowest BCUT2D eigenvalue weighted by Crippen LogP contribution is -2.33. The van der Waals surface area contributed by atoms with Gasteiger partial charge in [-0.1, -0.05) is 19.1 Å². The van der Waals surface area contributed by atoms with Crippen molar-refractivity contribution in [2.45, 2.75) is 105 Å². The number of carbonyl (C=O) groups excluding carboxylic acids is 1. The van der Waals surface area contributed by atoms with E-state index in [9.17, 15) is 28.5 Å². The molecule has 5 rings (SSSR count). The molecule has 0 aliphatic carbocycles. The molecule has 3 unspecified atom stereocenters. The van der Waals surface area contributed by atoms with Gasteiger partial charge in [-0.3, -0.25) is 42.6 Å². The average Bonchev–Trinajstić information content (AvgIpc) is 3.77. The van der Waals surface area contributed by atoms with Crippen LogP contribution in [0.25, 0.3) is 0 Å². The Hall–Kier alpha value is -3.96. The zero-order chi connectivity index (χ0) is 35.8. The second-order valence-corrected chi connectivity index (χ2v) is 15.4. The third-order valence-electron chi connectivity index (χ3n) is 8.47. The number of rotatable bonds is 11. The zero-order valence-electron chi connectivity index (χ0n) is 28.4. The lowest BCUT2D eigenvalue weighted by Gasteiger charge is -2.25. The molecule has 0 amide bonds. The molecule has 0 spiro atoms. The van der Waals surface area contributed by atoms with Gasteiger partial charge in [0.2, 0.25) is 0 Å². The maximum absolute atomic E-state index is 14.7. The molecular weight excluding hydrogens is 665 g/mol. The Morgan fingerprint density at radius 3 is 2.10 bits per heavy atom. The van der Waals surface area contributed by atoms with Crippen molar-refractivity contribution in [1.29, 1.82) is 0 Å². The molecule has 0 aromatic carbocycles. The minimum Gasteiger partial charge on any atom is -0.442 e. The van der Waals surface area contributed by atoms with Gasteiger partial charge >= 0.3 is 24.9 Å². The molecule has 7 atom stereocenters. The standard InChI is InChI=1S/C30H42N7O11P/c1-8-19-20(10-24(46-19)37-12-18(4)26(39)32-29(37)42)48-49(43,22-13-35(34-33-22)15-44-27(40)30(5,6)7)45-14-21-16(2)9-23(47-21)36-11-17(3)25(38)31-28(36)41/h11-13,16,19-21,23-24H,8-10,14-15H2,1-7H3,(H,31,38,41)(H,32,39,42)/t16?,19-,20?,21-,23-,24-,49?/m1/s1. The fourth-order valence-corrected chi connectivity index (χ4v) is 7.15. The lowest BCUT2D eigenvalue weighted by atomic mass is 9.98. The Labute approximate surface area is 280 Å². The molecule has 2 aliphatic rings. The summed E-state index contributed by atoms with van der Waals surface area (Å²) in [5.74, 6) is -0.644. The number of nitrogens with one attached hydrogen (secondary N) is 2. The summed E-state index contributed by atoms with van der Waals surface area (Å²) in [7, 11) is -4.33. The van der Waals surface area contributed by atoms with Crippen molar-refractivity contribution in [3.05, 3.63) is 71.4 Å². The van der Waals surface area contributed by atoms with Gasteiger partial charge in [-0.15, -0.1) is 5.10 Å². The van der Waals surface area contributed by atoms with Crippen LogP contribution in [-0.4, -0.2) is 65.0 Å². The van der Waals surface area contributed by atoms with Crippen molar-refractivity contribution in [2.75, 3.05) is 6.61 Å². The molecule has 2 N–H and O–H groups in total. The van der Waals surface area contributed by atoms with Crippen molar-refractivity contribution in [3.63, 3.8) is 0 Å². The van der Waals surface area contributed by atoms with E-state index in [1.807, 2.05) is 13.8 Å². The molecule has 18 nitrogen and oxygen atoms in total. The number of ether oxygens (including phenoxy) is 3. The number of esters is 1. The molecule has 2 saturated heterocycles. The smallest absolute Gasteiger partial charge is 0.383 e. The molecular formula is C30H42N7O11P. The first kappa shape index (κ1) is 36.3. The Morgan fingerprint density at radius 1 is 0.959 bits per heavy atom. The summed E-state index contributed by atoms with van der Waals surface area (Å²) in [5.41, 5.74) is -2.57. The molecule has 3 aromatic heterocycles. The normalized spacial score (nSPS) is 25.4. The monoisotopic (exact) mass is 707 g/mol. The van der Waals surface area contributed by atoms with Gasteiger partial charge < -0.3 is 18.7 Å². The summed E-state index contributed by atoms with van der Waals surface area (Å²) in [5, 5.41) is 8.01. The molecule has 49 heavy (non-hydrogen) atoms. The minimum absolute atomic E-state index is 0.0848. The number of aryl methyl sites for hydroxylation is 2. The Balaban J connectivity index is 1.39. The summed E-state index contributed by atoms with van der Waals surface area (Å²) < 4.78 is 48.3. The van der Waals surface area contributed by atoms with Crippen LogP contribution in [0.4, 0.5) is 0 Å². The second-order valence-electron chi connectivity index (χ2n) is 13.4. The number of aromatic nitrogens is 7. The van der Waals surface area contributed by atoms with Gasteiger partial charge in [0.05, 0.1) is 36.5 Å². The molecule has 0 radical (unpaired) electrons. The maximum Gasteiger partial charge on any atom is 0.383 e. The summed E-state index contributed by atoms with van der Waals surface area (Å²) >= 11 is 0. The number of H-pyrrole nitrogens is 2. The van der Waals surface area contributed by atoms with E-state index in [1.165, 1.54) is 32.4 Å². The van der Waals surface area contributed by atoms with E-state index in [-0.39, 0.29) is 31.1 Å². The van der Waals surface area contributed by atoms with Crippen LogP contribution in [0.5, 0.6) is 0 Å². The van der Waals surface area contributed by atoms with E-state index in [0.717, 1.165) is 0 Å². The highest BCUT2D eigenvalue weighted by Crippen LogP contribution is 2.51. The van der Waals surface area contributed by atoms with Crippen LogP contribution in [0.2, 0.25) is 0 Å². The van der Waals surface area contributed by atoms with Crippen molar-refractivity contribution < 1.29 is 32.6 Å².